The highest BCUT2D eigenvalue weighted by Gasteiger charge is 2.28. The molecule has 0 spiro atoms. The number of likely N-dealkylation sites (N-methyl/N-ethyl adjacent to an activating group) is 1. The third kappa shape index (κ3) is 8.63. The number of methoxy groups -OCH3 is 2. The van der Waals surface area contributed by atoms with Crippen LogP contribution in [0.1, 0.15) is 17.5 Å². The van der Waals surface area contributed by atoms with Crippen molar-refractivity contribution in [1.82, 2.24) is 14.5 Å². The van der Waals surface area contributed by atoms with Crippen LogP contribution in [0.15, 0.2) is 106 Å². The molecule has 6 rings (SSSR count). The molecule has 0 fully saturated rings. The predicted molar refractivity (Wildman–Crippen MR) is 204 cm³/mol. The minimum atomic E-state index is -1.06. The second kappa shape index (κ2) is 16.2. The molecule has 55 heavy (non-hydrogen) atoms. The molecule has 3 aromatic heterocycles. The second-order valence-electron chi connectivity index (χ2n) is 13.5. The second-order valence-corrected chi connectivity index (χ2v) is 13.5. The Morgan fingerprint density at radius 1 is 1.00 bits per heavy atom. The van der Waals surface area contributed by atoms with Crippen LogP contribution in [0.25, 0.3) is 22.0 Å². The van der Waals surface area contributed by atoms with Crippen molar-refractivity contribution >= 4 is 34.5 Å². The van der Waals surface area contributed by atoms with E-state index < -0.39 is 27.7 Å². The number of rotatable bonds is 15. The molecule has 2 aromatic carbocycles. The van der Waals surface area contributed by atoms with E-state index in [1.165, 1.54) is 43.3 Å². The van der Waals surface area contributed by atoms with Crippen LogP contribution in [0.5, 0.6) is 11.5 Å². The lowest BCUT2D eigenvalue weighted by molar-refractivity contribution is -0.880. The highest BCUT2D eigenvalue weighted by molar-refractivity contribution is 5.91. The van der Waals surface area contributed by atoms with E-state index in [1.54, 1.807) is 60.8 Å². The van der Waals surface area contributed by atoms with E-state index in [0.717, 1.165) is 6.07 Å². The Labute approximate surface area is 314 Å². The number of ketones is 1. The summed E-state index contributed by atoms with van der Waals surface area (Å²) in [7, 11) is 6.30. The number of aromatic nitrogens is 3. The quantitative estimate of drug-likeness (QED) is 0.0567. The average molecular weight is 751 g/mol. The van der Waals surface area contributed by atoms with Gasteiger partial charge in [-0.15, -0.1) is 0 Å². The highest BCUT2D eigenvalue weighted by Crippen LogP contribution is 2.37. The van der Waals surface area contributed by atoms with Gasteiger partial charge in [0.1, 0.15) is 24.4 Å². The minimum absolute atomic E-state index is 0.0181. The fourth-order valence-corrected chi connectivity index (χ4v) is 6.43. The van der Waals surface area contributed by atoms with Crippen molar-refractivity contribution < 1.29 is 32.5 Å². The minimum Gasteiger partial charge on any atom is -0.494 e. The van der Waals surface area contributed by atoms with Crippen LogP contribution in [0.3, 0.4) is 0 Å². The van der Waals surface area contributed by atoms with Gasteiger partial charge in [0.05, 0.1) is 63.6 Å². The highest BCUT2D eigenvalue weighted by atomic mass is 19.1. The van der Waals surface area contributed by atoms with Crippen molar-refractivity contribution in [3.63, 3.8) is 0 Å². The summed E-state index contributed by atoms with van der Waals surface area (Å²) in [5.74, 6) is -2.11. The van der Waals surface area contributed by atoms with Crippen molar-refractivity contribution in [2.45, 2.75) is 19.4 Å². The Hall–Kier alpha value is -6.61. The number of pyridine rings is 3. The summed E-state index contributed by atoms with van der Waals surface area (Å²) < 4.78 is 43.6. The van der Waals surface area contributed by atoms with Gasteiger partial charge in [0.25, 0.3) is 5.56 Å². The first-order valence-electron chi connectivity index (χ1n) is 17.2. The molecule has 0 amide bonds. The molecule has 0 radical (unpaired) electrons. The number of nitro groups is 1. The maximum atomic E-state index is 15.8. The van der Waals surface area contributed by atoms with Gasteiger partial charge < -0.3 is 34.0 Å². The Balaban J connectivity index is 1.31. The van der Waals surface area contributed by atoms with E-state index >= 15 is 8.78 Å². The first-order valence-corrected chi connectivity index (χ1v) is 17.2. The number of aliphatic imine (C=N–C) groups is 1. The maximum absolute atomic E-state index is 15.8. The number of carbonyl (C=O) groups excluding carboxylic acids is 1. The SMILES string of the molecule is COc1cc(OC)c(F)c(-c2cc3cnc(Nc4ccccn4)cc3n(Cc3cccc(CC(=O)/C=C/C[N+](C)(C)CC4=C([N+](=O)[O-])N=CC4)c3)c2=O)c1F. The van der Waals surface area contributed by atoms with Gasteiger partial charge in [-0.05, 0) is 46.4 Å². The lowest BCUT2D eigenvalue weighted by Crippen LogP contribution is -2.41. The van der Waals surface area contributed by atoms with Crippen molar-refractivity contribution in [1.29, 1.82) is 0 Å². The Morgan fingerprint density at radius 3 is 2.44 bits per heavy atom. The van der Waals surface area contributed by atoms with Crippen LogP contribution < -0.4 is 20.3 Å². The van der Waals surface area contributed by atoms with Crippen molar-refractivity contribution in [3.8, 4) is 22.6 Å². The summed E-state index contributed by atoms with van der Waals surface area (Å²) in [6, 6.07) is 16.6. The number of ether oxygens (including phenoxy) is 2. The molecule has 15 heteroatoms. The number of anilines is 2. The smallest absolute Gasteiger partial charge is 0.368 e. The number of quaternary nitrogens is 1. The molecule has 0 saturated heterocycles. The molecule has 0 aliphatic carbocycles. The molecular weight excluding hydrogens is 712 g/mol. The summed E-state index contributed by atoms with van der Waals surface area (Å²) in [5, 5.41) is 14.8. The Kier molecular flexibility index (Phi) is 11.2. The van der Waals surface area contributed by atoms with Gasteiger partial charge in [0.15, 0.2) is 28.9 Å². The molecule has 1 aliphatic heterocycles. The molecule has 1 aliphatic rings. The van der Waals surface area contributed by atoms with Gasteiger partial charge in [-0.1, -0.05) is 35.3 Å². The third-order valence-electron chi connectivity index (χ3n) is 9.02. The number of hydrogen-bond donors (Lipinski definition) is 1. The number of allylic oxidation sites excluding steroid dienone is 1. The normalized spacial score (nSPS) is 12.8. The summed E-state index contributed by atoms with van der Waals surface area (Å²) in [6.45, 7) is 0.850. The number of nitrogens with one attached hydrogen (secondary N) is 1. The van der Waals surface area contributed by atoms with Gasteiger partial charge in [-0.3, -0.25) is 9.59 Å². The predicted octanol–water partition coefficient (Wildman–Crippen LogP) is 6.25. The fraction of sp³-hybridized carbons (Fsp3) is 0.225. The monoisotopic (exact) mass is 750 g/mol. The van der Waals surface area contributed by atoms with E-state index in [1.807, 2.05) is 14.1 Å². The van der Waals surface area contributed by atoms with Crippen LogP contribution in [-0.2, 0) is 17.8 Å². The lowest BCUT2D eigenvalue weighted by atomic mass is 10.0. The summed E-state index contributed by atoms with van der Waals surface area (Å²) in [6.07, 6.45) is 8.38. The standard InChI is InChI=1S/C40H37F2N7O6/c1-49(2,24-27-13-15-44-39(27)48(52)53)16-8-11-29(50)18-25-9-7-10-26(17-25)23-47-31-20-35(46-34-12-5-6-14-43-34)45-22-28(31)19-30(40(47)51)36-37(41)32(54-3)21-33(55-4)38(36)42/h5-12,14-15,17,19-22H,13,16,18,23-24H2,1-4H3/p+1/b11-8+. The number of carbonyl (C=O) groups is 1. The van der Waals surface area contributed by atoms with Crippen molar-refractivity contribution in [2.24, 2.45) is 4.99 Å². The first kappa shape index (κ1) is 38.1. The third-order valence-corrected chi connectivity index (χ3v) is 9.02. The van der Waals surface area contributed by atoms with Gasteiger partial charge in [-0.25, -0.2) is 18.7 Å². The van der Waals surface area contributed by atoms with Crippen LogP contribution in [-0.4, -0.2) is 77.3 Å². The van der Waals surface area contributed by atoms with Crippen LogP contribution in [0.2, 0.25) is 0 Å². The van der Waals surface area contributed by atoms with Crippen LogP contribution in [0.4, 0.5) is 20.4 Å². The van der Waals surface area contributed by atoms with E-state index in [-0.39, 0.29) is 41.6 Å². The van der Waals surface area contributed by atoms with E-state index in [9.17, 15) is 19.7 Å². The van der Waals surface area contributed by atoms with E-state index in [2.05, 4.69) is 20.3 Å². The van der Waals surface area contributed by atoms with Gasteiger partial charge in [-0.2, -0.15) is 0 Å². The number of benzene rings is 2. The lowest BCUT2D eigenvalue weighted by Gasteiger charge is -2.28. The molecule has 1 N–H and O–H groups in total. The Bertz CT molecular complexity index is 2420. The summed E-state index contributed by atoms with van der Waals surface area (Å²) in [5.41, 5.74) is 0.843. The summed E-state index contributed by atoms with van der Waals surface area (Å²) >= 11 is 0. The molecule has 5 aromatic rings. The zero-order valence-electron chi connectivity index (χ0n) is 30.6. The largest absolute Gasteiger partial charge is 0.494 e. The van der Waals surface area contributed by atoms with Crippen molar-refractivity contribution in [2.75, 3.05) is 46.7 Å². The summed E-state index contributed by atoms with van der Waals surface area (Å²) in [4.78, 5) is 50.9. The Morgan fingerprint density at radius 2 is 1.75 bits per heavy atom. The molecule has 13 nitrogen and oxygen atoms in total. The molecule has 0 unspecified atom stereocenters. The molecule has 0 atom stereocenters. The van der Waals surface area contributed by atoms with Gasteiger partial charge in [0.2, 0.25) is 0 Å². The topological polar surface area (TPSA) is 151 Å². The van der Waals surface area contributed by atoms with E-state index in [4.69, 9.17) is 9.47 Å². The maximum Gasteiger partial charge on any atom is 0.368 e. The first-order chi connectivity index (χ1) is 26.4. The number of nitrogens with zero attached hydrogens (tertiary/aromatic N) is 6. The van der Waals surface area contributed by atoms with Crippen LogP contribution >= 0.6 is 0 Å². The molecule has 0 saturated carbocycles. The van der Waals surface area contributed by atoms with Crippen molar-refractivity contribution in [3.05, 3.63) is 140 Å². The number of halogens is 2. The average Bonchev–Trinajstić information content (AvgIpc) is 3.62. The number of hydrogen-bond acceptors (Lipinski definition) is 10. The molecular formula is C40H38F2N7O6+. The van der Waals surface area contributed by atoms with Crippen LogP contribution in [0, 0.1) is 21.7 Å². The fourth-order valence-electron chi connectivity index (χ4n) is 6.43. The zero-order chi connectivity index (χ0) is 39.3. The van der Waals surface area contributed by atoms with E-state index in [0.29, 0.717) is 63.2 Å². The molecule has 0 bridgehead atoms. The molecule has 4 heterocycles. The van der Waals surface area contributed by atoms with Gasteiger partial charge >= 0.3 is 5.82 Å². The zero-order valence-corrected chi connectivity index (χ0v) is 30.6. The number of fused-ring (bicyclic) bond motifs is 1. The van der Waals surface area contributed by atoms with Gasteiger partial charge in [0, 0.05) is 42.8 Å². The molecule has 282 valence electrons.